The van der Waals surface area contributed by atoms with E-state index in [9.17, 15) is 0 Å². The number of aliphatic hydroxyl groups is 1. The van der Waals surface area contributed by atoms with Crippen LogP contribution >= 0.6 is 0 Å². The lowest BCUT2D eigenvalue weighted by Gasteiger charge is -1.99. The highest BCUT2D eigenvalue weighted by molar-refractivity contribution is 5.25. The quantitative estimate of drug-likeness (QED) is 0.808. The van der Waals surface area contributed by atoms with Crippen LogP contribution in [0.4, 0.5) is 0 Å². The van der Waals surface area contributed by atoms with Gasteiger partial charge in [-0.15, -0.1) is 0 Å². The van der Waals surface area contributed by atoms with Crippen LogP contribution in [0.5, 0.6) is 11.7 Å². The summed E-state index contributed by atoms with van der Waals surface area (Å²) in [5, 5.41) is 8.77. The van der Waals surface area contributed by atoms with E-state index in [4.69, 9.17) is 14.3 Å². The molecule has 0 unspecified atom stereocenters. The summed E-state index contributed by atoms with van der Waals surface area (Å²) in [7, 11) is 0. The minimum absolute atomic E-state index is 0.113. The van der Waals surface area contributed by atoms with Gasteiger partial charge in [0.05, 0.1) is 0 Å². The van der Waals surface area contributed by atoms with Crippen molar-refractivity contribution >= 4 is 0 Å². The van der Waals surface area contributed by atoms with Gasteiger partial charge in [0.25, 0.3) is 5.95 Å². The summed E-state index contributed by atoms with van der Waals surface area (Å²) >= 11 is 0. The first-order chi connectivity index (χ1) is 6.88. The smallest absolute Gasteiger partial charge is 0.290 e. The van der Waals surface area contributed by atoms with Crippen molar-refractivity contribution in [3.05, 3.63) is 48.2 Å². The van der Waals surface area contributed by atoms with E-state index in [-0.39, 0.29) is 6.61 Å². The summed E-state index contributed by atoms with van der Waals surface area (Å²) in [6.45, 7) is -0.113. The molecule has 0 aliphatic carbocycles. The highest BCUT2D eigenvalue weighted by Gasteiger charge is 2.02. The van der Waals surface area contributed by atoms with Crippen molar-refractivity contribution in [2.75, 3.05) is 0 Å². The third-order valence-corrected chi connectivity index (χ3v) is 1.75. The first-order valence-electron chi connectivity index (χ1n) is 4.31. The maximum atomic E-state index is 8.77. The van der Waals surface area contributed by atoms with E-state index < -0.39 is 0 Å². The van der Waals surface area contributed by atoms with E-state index in [0.29, 0.717) is 17.5 Å². The van der Waals surface area contributed by atoms with E-state index in [2.05, 4.69) is 0 Å². The summed E-state index contributed by atoms with van der Waals surface area (Å²) in [4.78, 5) is 0. The van der Waals surface area contributed by atoms with Crippen LogP contribution in [0, 0.1) is 0 Å². The largest absolute Gasteiger partial charge is 0.428 e. The van der Waals surface area contributed by atoms with E-state index in [0.717, 1.165) is 0 Å². The van der Waals surface area contributed by atoms with Crippen LogP contribution in [0.15, 0.2) is 46.9 Å². The molecule has 0 radical (unpaired) electrons. The van der Waals surface area contributed by atoms with Gasteiger partial charge in [0.1, 0.15) is 18.1 Å². The van der Waals surface area contributed by atoms with E-state index >= 15 is 0 Å². The van der Waals surface area contributed by atoms with E-state index in [1.165, 1.54) is 0 Å². The second-order valence-corrected chi connectivity index (χ2v) is 2.79. The Balaban J connectivity index is 2.11. The van der Waals surface area contributed by atoms with Gasteiger partial charge >= 0.3 is 0 Å². The second-order valence-electron chi connectivity index (χ2n) is 2.79. The van der Waals surface area contributed by atoms with E-state index in [1.807, 2.05) is 30.3 Å². The van der Waals surface area contributed by atoms with Gasteiger partial charge in [-0.3, -0.25) is 0 Å². The summed E-state index contributed by atoms with van der Waals surface area (Å²) in [5.41, 5.74) is 0. The first-order valence-corrected chi connectivity index (χ1v) is 4.31. The molecule has 72 valence electrons. The topological polar surface area (TPSA) is 42.6 Å². The lowest BCUT2D eigenvalue weighted by atomic mass is 10.3. The van der Waals surface area contributed by atoms with Crippen molar-refractivity contribution in [2.24, 2.45) is 0 Å². The van der Waals surface area contributed by atoms with Crippen LogP contribution in [0.2, 0.25) is 0 Å². The molecule has 2 aromatic rings. The molecule has 0 aliphatic rings. The standard InChI is InChI=1S/C11H10O3/c12-8-10-6-7-11(14-10)13-9-4-2-1-3-5-9/h1-7,12H,8H2. The SMILES string of the molecule is OCc1ccc(Oc2ccccc2)o1. The molecule has 0 spiro atoms. The van der Waals surface area contributed by atoms with Gasteiger partial charge in [-0.25, -0.2) is 0 Å². The molecule has 0 saturated carbocycles. The molecule has 0 bridgehead atoms. The van der Waals surface area contributed by atoms with Gasteiger partial charge in [0, 0.05) is 6.07 Å². The zero-order chi connectivity index (χ0) is 9.80. The molecule has 0 aliphatic heterocycles. The third-order valence-electron chi connectivity index (χ3n) is 1.75. The molecule has 1 N–H and O–H groups in total. The van der Waals surface area contributed by atoms with Gasteiger partial charge in [-0.05, 0) is 18.2 Å². The van der Waals surface area contributed by atoms with Crippen LogP contribution in [-0.2, 0) is 6.61 Å². The molecule has 14 heavy (non-hydrogen) atoms. The monoisotopic (exact) mass is 190 g/mol. The van der Waals surface area contributed by atoms with Crippen LogP contribution in [0.1, 0.15) is 5.76 Å². The number of furan rings is 1. The van der Waals surface area contributed by atoms with Crippen molar-refractivity contribution in [1.82, 2.24) is 0 Å². The molecule has 3 heteroatoms. The zero-order valence-electron chi connectivity index (χ0n) is 7.51. The molecule has 2 rings (SSSR count). The van der Waals surface area contributed by atoms with Gasteiger partial charge in [0.15, 0.2) is 0 Å². The van der Waals surface area contributed by atoms with Crippen molar-refractivity contribution in [3.63, 3.8) is 0 Å². The Bertz CT molecular complexity index is 392. The number of benzene rings is 1. The van der Waals surface area contributed by atoms with Gasteiger partial charge in [-0.1, -0.05) is 18.2 Å². The predicted octanol–water partition coefficient (Wildman–Crippen LogP) is 2.56. The molecule has 0 fully saturated rings. The van der Waals surface area contributed by atoms with E-state index in [1.54, 1.807) is 12.1 Å². The Hall–Kier alpha value is -1.74. The molecule has 0 saturated heterocycles. The van der Waals surface area contributed by atoms with Crippen LogP contribution in [0.25, 0.3) is 0 Å². The average Bonchev–Trinajstić information content (AvgIpc) is 2.67. The van der Waals surface area contributed by atoms with Gasteiger partial charge in [-0.2, -0.15) is 0 Å². The summed E-state index contributed by atoms with van der Waals surface area (Å²) in [6, 6.07) is 12.7. The lowest BCUT2D eigenvalue weighted by Crippen LogP contribution is -1.80. The zero-order valence-corrected chi connectivity index (χ0v) is 7.51. The fourth-order valence-electron chi connectivity index (χ4n) is 1.10. The molecule has 3 nitrogen and oxygen atoms in total. The maximum absolute atomic E-state index is 8.77. The Morgan fingerprint density at radius 3 is 2.50 bits per heavy atom. The molecular weight excluding hydrogens is 180 g/mol. The number of rotatable bonds is 3. The highest BCUT2D eigenvalue weighted by atomic mass is 16.6. The van der Waals surface area contributed by atoms with Crippen molar-refractivity contribution in [2.45, 2.75) is 6.61 Å². The predicted molar refractivity (Wildman–Crippen MR) is 51.1 cm³/mol. The van der Waals surface area contributed by atoms with Crippen LogP contribution in [0.3, 0.4) is 0 Å². The summed E-state index contributed by atoms with van der Waals surface area (Å²) < 4.78 is 10.5. The number of hydrogen-bond donors (Lipinski definition) is 1. The van der Waals surface area contributed by atoms with Gasteiger partial charge < -0.3 is 14.3 Å². The van der Waals surface area contributed by atoms with Gasteiger partial charge in [0.2, 0.25) is 0 Å². The minimum Gasteiger partial charge on any atom is -0.428 e. The lowest BCUT2D eigenvalue weighted by molar-refractivity contribution is 0.231. The number of ether oxygens (including phenoxy) is 1. The maximum Gasteiger partial charge on any atom is 0.290 e. The third kappa shape index (κ3) is 1.95. The summed E-state index contributed by atoms with van der Waals surface area (Å²) in [5.74, 6) is 1.60. The minimum atomic E-state index is -0.113. The Labute approximate surface area is 81.6 Å². The Kier molecular flexibility index (Phi) is 2.51. The average molecular weight is 190 g/mol. The second kappa shape index (κ2) is 3.98. The fourth-order valence-corrected chi connectivity index (χ4v) is 1.10. The molecular formula is C11H10O3. The number of para-hydroxylation sites is 1. The molecule has 1 aromatic carbocycles. The molecule has 1 heterocycles. The Morgan fingerprint density at radius 2 is 1.86 bits per heavy atom. The molecule has 0 amide bonds. The Morgan fingerprint density at radius 1 is 1.07 bits per heavy atom. The number of aliphatic hydroxyl groups excluding tert-OH is 1. The summed E-state index contributed by atoms with van der Waals surface area (Å²) in [6.07, 6.45) is 0. The van der Waals surface area contributed by atoms with Crippen molar-refractivity contribution in [1.29, 1.82) is 0 Å². The van der Waals surface area contributed by atoms with Crippen molar-refractivity contribution < 1.29 is 14.3 Å². The normalized spacial score (nSPS) is 10.1. The molecule has 1 aromatic heterocycles. The number of hydrogen-bond acceptors (Lipinski definition) is 3. The first kappa shape index (κ1) is 8.84. The highest BCUT2D eigenvalue weighted by Crippen LogP contribution is 2.23. The van der Waals surface area contributed by atoms with Crippen LogP contribution < -0.4 is 4.74 Å². The van der Waals surface area contributed by atoms with Crippen molar-refractivity contribution in [3.8, 4) is 11.7 Å². The van der Waals surface area contributed by atoms with Crippen LogP contribution in [-0.4, -0.2) is 5.11 Å². The fraction of sp³-hybridized carbons (Fsp3) is 0.0909. The molecule has 0 atom stereocenters.